The number of rotatable bonds is 14. The summed E-state index contributed by atoms with van der Waals surface area (Å²) < 4.78 is 11.4. The Hall–Kier alpha value is -5.80. The van der Waals surface area contributed by atoms with Crippen molar-refractivity contribution < 1.29 is 19.4 Å². The van der Waals surface area contributed by atoms with Crippen molar-refractivity contribution in [1.29, 1.82) is 0 Å². The van der Waals surface area contributed by atoms with Gasteiger partial charge in [-0.05, 0) is 92.2 Å². The van der Waals surface area contributed by atoms with E-state index in [1.165, 1.54) is 24.0 Å². The summed E-state index contributed by atoms with van der Waals surface area (Å²) in [5, 5.41) is 32.7. The van der Waals surface area contributed by atoms with E-state index in [1.54, 1.807) is 17.1 Å². The van der Waals surface area contributed by atoms with E-state index in [9.17, 15) is 14.7 Å². The van der Waals surface area contributed by atoms with E-state index in [4.69, 9.17) is 10.5 Å². The zero-order valence-electron chi connectivity index (χ0n) is 37.2. The predicted molar refractivity (Wildman–Crippen MR) is 246 cm³/mol. The van der Waals surface area contributed by atoms with Crippen molar-refractivity contribution in [2.45, 2.75) is 110 Å². The van der Waals surface area contributed by atoms with E-state index in [0.29, 0.717) is 29.7 Å². The van der Waals surface area contributed by atoms with Gasteiger partial charge in [-0.15, -0.1) is 0 Å². The third-order valence-corrected chi connectivity index (χ3v) is 14.7. The zero-order chi connectivity index (χ0) is 44.3. The summed E-state index contributed by atoms with van der Waals surface area (Å²) in [5.41, 5.74) is 14.6. The summed E-state index contributed by atoms with van der Waals surface area (Å²) in [6.07, 6.45) is 15.5. The number of aromatic amines is 1. The number of aromatic carboxylic acids is 1. The molecule has 4 unspecified atom stereocenters. The van der Waals surface area contributed by atoms with Gasteiger partial charge in [0.1, 0.15) is 6.73 Å². The number of carboxylic acid groups (broad SMARTS) is 1. The van der Waals surface area contributed by atoms with E-state index in [0.717, 1.165) is 91.4 Å². The fraction of sp³-hybridized carbons (Fsp3) is 0.458. The van der Waals surface area contributed by atoms with Crippen molar-refractivity contribution in [2.24, 2.45) is 23.7 Å². The van der Waals surface area contributed by atoms with Gasteiger partial charge in [-0.3, -0.25) is 19.3 Å². The molecule has 15 heteroatoms. The number of ether oxygens (including phenoxy) is 1. The van der Waals surface area contributed by atoms with Gasteiger partial charge < -0.3 is 20.9 Å². The molecule has 1 amide bonds. The summed E-state index contributed by atoms with van der Waals surface area (Å²) in [4.78, 5) is 24.1. The molecule has 2 fully saturated rings. The second-order valence-electron chi connectivity index (χ2n) is 18.9. The second kappa shape index (κ2) is 18.9. The number of carbonyl (C=O) groups is 2. The molecule has 0 aliphatic heterocycles. The number of nitrogen functional groups attached to an aromatic ring is 1. The molecule has 2 saturated carbocycles. The summed E-state index contributed by atoms with van der Waals surface area (Å²) in [6, 6.07) is 22.2. The van der Waals surface area contributed by atoms with E-state index in [2.05, 4.69) is 88.6 Å². The molecule has 0 saturated heterocycles. The Morgan fingerprint density at radius 1 is 0.825 bits per heavy atom. The van der Waals surface area contributed by atoms with Crippen LogP contribution in [-0.2, 0) is 37.2 Å². The third-order valence-electron chi connectivity index (χ3n) is 13.0. The molecule has 6 aromatic rings. The van der Waals surface area contributed by atoms with Crippen molar-refractivity contribution in [1.82, 2.24) is 39.5 Å². The molecule has 2 aromatic carbocycles. The van der Waals surface area contributed by atoms with Crippen LogP contribution >= 0.6 is 0 Å². The standard InChI is InChI=1S/C21H23N5O.C15H24N2O3Si.C12H15N3/c1-2-19(13-6-4-3-5-7-13)26-12-16(11-22-26)23-21(27)20-17-9-14-8-15(14)10-18(17)24-25-20;1-21(2,3)5-4-20-9-17-13-8-11-6-10(11)7-12(13)14(16-17)15(18)19;1-2-12(10-6-4-3-5-7-10)15-9-11(13)8-14-15/h3-7,11-12,14-15,19H,2,8-10H2,1H3,(H,23,27)(H,24,25);10-11H,4-9H2,1-3H3,(H,18,19);3-9,12H,2,13H2,1H3/t14?,15?,19-;;12-/m0.0/s1. The van der Waals surface area contributed by atoms with Crippen molar-refractivity contribution in [3.8, 4) is 0 Å². The Kier molecular flexibility index (Phi) is 13.1. The maximum Gasteiger partial charge on any atom is 0.356 e. The van der Waals surface area contributed by atoms with Crippen LogP contribution in [-0.4, -0.2) is 71.2 Å². The molecule has 14 nitrogen and oxygen atoms in total. The van der Waals surface area contributed by atoms with Gasteiger partial charge in [0.25, 0.3) is 5.91 Å². The van der Waals surface area contributed by atoms with Gasteiger partial charge in [-0.1, -0.05) is 94.2 Å². The SMILES string of the molecule is CC[C@@H](c1ccccc1)n1cc(N)cn1.CC[C@@H](c1ccccc1)n1cc(NC(=O)c2n[nH]c3c2CC2CC2C3)cn1.C[Si](C)(C)CCOCn1nc(C(=O)O)c2c1CC1CC1C2. The van der Waals surface area contributed by atoms with Crippen LogP contribution in [0.5, 0.6) is 0 Å². The second-order valence-corrected chi connectivity index (χ2v) is 24.5. The maximum atomic E-state index is 12.8. The summed E-state index contributed by atoms with van der Waals surface area (Å²) in [7, 11) is -1.09. The highest BCUT2D eigenvalue weighted by atomic mass is 28.3. The fourth-order valence-electron chi connectivity index (χ4n) is 9.21. The average molecular weight is 871 g/mol. The Balaban J connectivity index is 0.000000135. The van der Waals surface area contributed by atoms with Gasteiger partial charge in [0.05, 0.1) is 35.9 Å². The average Bonchev–Trinajstić information content (AvgIpc) is 3.93. The van der Waals surface area contributed by atoms with Crippen LogP contribution in [0.25, 0.3) is 0 Å². The minimum absolute atomic E-state index is 0.154. The molecule has 6 atom stereocenters. The van der Waals surface area contributed by atoms with Gasteiger partial charge in [-0.2, -0.15) is 20.4 Å². The molecular weight excluding hydrogens is 809 g/mol. The number of hydrogen-bond acceptors (Lipinski definition) is 8. The largest absolute Gasteiger partial charge is 0.476 e. The number of nitrogens with two attached hydrogens (primary N) is 1. The number of hydrogen-bond donors (Lipinski definition) is 4. The van der Waals surface area contributed by atoms with Crippen LogP contribution < -0.4 is 11.1 Å². The zero-order valence-corrected chi connectivity index (χ0v) is 38.2. The lowest BCUT2D eigenvalue weighted by atomic mass is 9.96. The normalized spacial score (nSPS) is 20.0. The molecule has 4 aliphatic carbocycles. The minimum Gasteiger partial charge on any atom is -0.476 e. The van der Waals surface area contributed by atoms with Crippen molar-refractivity contribution in [2.75, 3.05) is 17.7 Å². The summed E-state index contributed by atoms with van der Waals surface area (Å²) >= 11 is 0. The van der Waals surface area contributed by atoms with Crippen LogP contribution in [0.4, 0.5) is 11.4 Å². The Morgan fingerprint density at radius 3 is 2.00 bits per heavy atom. The number of carbonyl (C=O) groups excluding carboxylic acids is 1. The number of nitrogens with one attached hydrogen (secondary N) is 2. The number of aromatic nitrogens is 8. The molecule has 4 aromatic heterocycles. The first-order valence-electron chi connectivity index (χ1n) is 22.6. The lowest BCUT2D eigenvalue weighted by Crippen LogP contribution is -2.22. The van der Waals surface area contributed by atoms with Gasteiger partial charge in [0.2, 0.25) is 0 Å². The highest BCUT2D eigenvalue weighted by Crippen LogP contribution is 2.49. The van der Waals surface area contributed by atoms with E-state index < -0.39 is 14.0 Å². The molecule has 10 rings (SSSR count). The molecule has 0 bridgehead atoms. The number of H-pyrrole nitrogens is 1. The first-order valence-corrected chi connectivity index (χ1v) is 26.3. The molecule has 5 N–H and O–H groups in total. The number of fused-ring (bicyclic) bond motifs is 4. The number of nitrogens with zero attached hydrogens (tertiary/aromatic N) is 7. The first-order chi connectivity index (χ1) is 30.4. The molecule has 0 radical (unpaired) electrons. The van der Waals surface area contributed by atoms with Gasteiger partial charge >= 0.3 is 5.97 Å². The molecular formula is C48H62N10O4Si. The van der Waals surface area contributed by atoms with Crippen molar-refractivity contribution in [3.05, 3.63) is 130 Å². The van der Waals surface area contributed by atoms with Crippen LogP contribution in [0.15, 0.2) is 85.5 Å². The van der Waals surface area contributed by atoms with E-state index in [-0.39, 0.29) is 23.7 Å². The van der Waals surface area contributed by atoms with Crippen molar-refractivity contribution in [3.63, 3.8) is 0 Å². The van der Waals surface area contributed by atoms with Gasteiger partial charge in [0.15, 0.2) is 11.4 Å². The number of anilines is 2. The number of benzene rings is 2. The fourth-order valence-corrected chi connectivity index (χ4v) is 9.96. The van der Waals surface area contributed by atoms with Crippen LogP contribution in [0.2, 0.25) is 25.7 Å². The van der Waals surface area contributed by atoms with Gasteiger partial charge in [-0.25, -0.2) is 9.48 Å². The predicted octanol–water partition coefficient (Wildman–Crippen LogP) is 8.69. The van der Waals surface area contributed by atoms with E-state index >= 15 is 0 Å². The molecule has 332 valence electrons. The third kappa shape index (κ3) is 10.5. The van der Waals surface area contributed by atoms with Crippen LogP contribution in [0.3, 0.4) is 0 Å². The molecule has 63 heavy (non-hydrogen) atoms. The Bertz CT molecular complexity index is 2490. The quantitative estimate of drug-likeness (QED) is 0.0615. The Morgan fingerprint density at radius 2 is 1.41 bits per heavy atom. The topological polar surface area (TPSA) is 184 Å². The maximum absolute atomic E-state index is 12.8. The van der Waals surface area contributed by atoms with Crippen molar-refractivity contribution >= 4 is 31.3 Å². The lowest BCUT2D eigenvalue weighted by molar-refractivity contribution is 0.0668. The van der Waals surface area contributed by atoms with E-state index in [1.807, 2.05) is 58.2 Å². The Labute approximate surface area is 370 Å². The van der Waals surface area contributed by atoms with Gasteiger partial charge in [0, 0.05) is 49.6 Å². The molecule has 0 spiro atoms. The lowest BCUT2D eigenvalue weighted by Gasteiger charge is -2.17. The minimum atomic E-state index is -1.09. The van der Waals surface area contributed by atoms with Crippen LogP contribution in [0, 0.1) is 23.7 Å². The number of carboxylic acids is 1. The molecule has 4 aliphatic rings. The molecule has 4 heterocycles. The summed E-state index contributed by atoms with van der Waals surface area (Å²) in [6.45, 7) is 12.4. The highest BCUT2D eigenvalue weighted by Gasteiger charge is 2.45. The first kappa shape index (κ1) is 43.8. The highest BCUT2D eigenvalue weighted by molar-refractivity contribution is 6.76. The number of amides is 1. The summed E-state index contributed by atoms with van der Waals surface area (Å²) in [5.74, 6) is 1.93. The van der Waals surface area contributed by atoms with Crippen LogP contribution in [0.1, 0.15) is 106 Å². The smallest absolute Gasteiger partial charge is 0.356 e. The monoisotopic (exact) mass is 870 g/mol.